The predicted octanol–water partition coefficient (Wildman–Crippen LogP) is 0.0343. The summed E-state index contributed by atoms with van der Waals surface area (Å²) in [4.78, 5) is 21.1. The highest BCUT2D eigenvalue weighted by Gasteiger charge is 2.28. The zero-order valence-electron chi connectivity index (χ0n) is 9.92. The van der Waals surface area contributed by atoms with Crippen molar-refractivity contribution in [3.05, 3.63) is 15.1 Å². The monoisotopic (exact) mass is 283 g/mol. The van der Waals surface area contributed by atoms with Crippen LogP contribution in [0.4, 0.5) is 5.95 Å². The minimum absolute atomic E-state index is 0.0250. The Labute approximate surface area is 112 Å². The third-order valence-electron chi connectivity index (χ3n) is 3.17. The number of imidazole rings is 1. The van der Waals surface area contributed by atoms with Crippen molar-refractivity contribution >= 4 is 29.3 Å². The van der Waals surface area contributed by atoms with E-state index in [0.717, 1.165) is 6.42 Å². The molecule has 3 rings (SSSR count). The van der Waals surface area contributed by atoms with Crippen molar-refractivity contribution in [2.24, 2.45) is 0 Å². The zero-order valence-corrected chi connectivity index (χ0v) is 10.7. The second-order valence-corrected chi connectivity index (χ2v) is 4.81. The Morgan fingerprint density at radius 3 is 3.00 bits per heavy atom. The van der Waals surface area contributed by atoms with Gasteiger partial charge in [0.05, 0.1) is 12.7 Å². The van der Waals surface area contributed by atoms with Crippen molar-refractivity contribution in [3.8, 4) is 0 Å². The zero-order chi connectivity index (χ0) is 13.6. The van der Waals surface area contributed by atoms with Crippen LogP contribution in [0.3, 0.4) is 0 Å². The number of ether oxygens (including phenoxy) is 1. The normalized spacial score (nSPS) is 23.2. The van der Waals surface area contributed by atoms with Crippen LogP contribution in [-0.2, 0) is 4.74 Å². The molecule has 9 heteroatoms. The van der Waals surface area contributed by atoms with Gasteiger partial charge in [-0.2, -0.15) is 4.98 Å². The second-order valence-electron chi connectivity index (χ2n) is 4.42. The molecule has 1 aliphatic heterocycles. The van der Waals surface area contributed by atoms with Crippen molar-refractivity contribution in [2.45, 2.75) is 25.2 Å². The minimum atomic E-state index is -0.371. The Morgan fingerprint density at radius 2 is 2.32 bits per heavy atom. The average Bonchev–Trinajstić information content (AvgIpc) is 2.93. The summed E-state index contributed by atoms with van der Waals surface area (Å²) in [7, 11) is 0. The average molecular weight is 283 g/mol. The van der Waals surface area contributed by atoms with Crippen LogP contribution in [0.25, 0.3) is 11.2 Å². The van der Waals surface area contributed by atoms with E-state index >= 15 is 0 Å². The van der Waals surface area contributed by atoms with Gasteiger partial charge in [-0.3, -0.25) is 14.3 Å². The van der Waals surface area contributed by atoms with Crippen LogP contribution >= 0.6 is 12.2 Å². The summed E-state index contributed by atoms with van der Waals surface area (Å²) in [6.45, 7) is -0.0394. The number of nitrogens with one attached hydrogen (secondary N) is 2. The molecule has 8 nitrogen and oxygen atoms in total. The predicted molar refractivity (Wildman–Crippen MR) is 70.2 cm³/mol. The largest absolute Gasteiger partial charge is 0.394 e. The molecule has 0 radical (unpaired) electrons. The Morgan fingerprint density at radius 1 is 1.53 bits per heavy atom. The molecule has 19 heavy (non-hydrogen) atoms. The van der Waals surface area contributed by atoms with Gasteiger partial charge in [0.25, 0.3) is 5.56 Å². The standard InChI is InChI=1S/C10H13N5O3S/c11-9-13-7-6(8(17)14-9)12-10(19)15(7)5-2-1-4(3-16)18-5/h4-5,16H,1-3H2,(H,12,19)(H3,11,13,14,17)/t4-,5+/m0/s1. The summed E-state index contributed by atoms with van der Waals surface area (Å²) in [6, 6.07) is 0. The van der Waals surface area contributed by atoms with Gasteiger partial charge in [0.15, 0.2) is 15.9 Å². The van der Waals surface area contributed by atoms with Crippen LogP contribution in [0.1, 0.15) is 19.1 Å². The van der Waals surface area contributed by atoms with E-state index in [0.29, 0.717) is 16.8 Å². The second kappa shape index (κ2) is 4.44. The third kappa shape index (κ3) is 1.95. The Hall–Kier alpha value is -1.71. The molecule has 2 aromatic heterocycles. The number of hydrogen-bond donors (Lipinski definition) is 4. The molecule has 2 atom stereocenters. The summed E-state index contributed by atoms with van der Waals surface area (Å²) < 4.78 is 7.64. The Balaban J connectivity index is 2.16. The molecule has 5 N–H and O–H groups in total. The van der Waals surface area contributed by atoms with Gasteiger partial charge in [-0.05, 0) is 25.1 Å². The van der Waals surface area contributed by atoms with Crippen LogP contribution < -0.4 is 11.3 Å². The summed E-state index contributed by atoms with van der Waals surface area (Å²) in [6.07, 6.45) is 0.873. The summed E-state index contributed by atoms with van der Waals surface area (Å²) in [5.41, 5.74) is 5.82. The number of aromatic amines is 2. The molecule has 0 aliphatic carbocycles. The van der Waals surface area contributed by atoms with E-state index in [9.17, 15) is 4.79 Å². The first-order chi connectivity index (χ1) is 9.10. The SMILES string of the molecule is Nc1nc2c([nH]c(=S)n2[C@H]2CC[C@@H](CO)O2)c(=O)[nH]1. The maximum absolute atomic E-state index is 11.8. The van der Waals surface area contributed by atoms with Crippen LogP contribution in [0.15, 0.2) is 4.79 Å². The highest BCUT2D eigenvalue weighted by Crippen LogP contribution is 2.30. The molecule has 1 aliphatic rings. The molecule has 0 saturated carbocycles. The maximum atomic E-state index is 11.8. The van der Waals surface area contributed by atoms with Crippen LogP contribution in [0, 0.1) is 4.77 Å². The molecule has 0 aromatic carbocycles. The van der Waals surface area contributed by atoms with Crippen molar-refractivity contribution in [3.63, 3.8) is 0 Å². The van der Waals surface area contributed by atoms with Crippen molar-refractivity contribution in [2.75, 3.05) is 12.3 Å². The third-order valence-corrected chi connectivity index (χ3v) is 3.47. The maximum Gasteiger partial charge on any atom is 0.278 e. The van der Waals surface area contributed by atoms with Crippen LogP contribution in [0.2, 0.25) is 0 Å². The summed E-state index contributed by atoms with van der Waals surface area (Å²) in [5.74, 6) is 0.0250. The van der Waals surface area contributed by atoms with Gasteiger partial charge in [-0.25, -0.2) is 0 Å². The molecule has 102 valence electrons. The molecule has 0 bridgehead atoms. The van der Waals surface area contributed by atoms with E-state index in [1.54, 1.807) is 4.57 Å². The molecule has 0 unspecified atom stereocenters. The fourth-order valence-electron chi connectivity index (χ4n) is 2.31. The van der Waals surface area contributed by atoms with E-state index in [1.165, 1.54) is 0 Å². The Kier molecular flexibility index (Phi) is 2.88. The highest BCUT2D eigenvalue weighted by molar-refractivity contribution is 7.71. The first-order valence-electron chi connectivity index (χ1n) is 5.86. The van der Waals surface area contributed by atoms with Gasteiger partial charge < -0.3 is 20.6 Å². The van der Waals surface area contributed by atoms with Gasteiger partial charge in [-0.15, -0.1) is 0 Å². The number of aromatic nitrogens is 4. The van der Waals surface area contributed by atoms with Crippen LogP contribution in [-0.4, -0.2) is 37.3 Å². The van der Waals surface area contributed by atoms with Gasteiger partial charge in [0.1, 0.15) is 6.23 Å². The number of nitrogen functional groups attached to an aromatic ring is 1. The van der Waals surface area contributed by atoms with Gasteiger partial charge >= 0.3 is 0 Å². The number of H-pyrrole nitrogens is 2. The molecule has 2 aromatic rings. The lowest BCUT2D eigenvalue weighted by atomic mass is 10.2. The molecule has 1 saturated heterocycles. The topological polar surface area (TPSA) is 122 Å². The number of nitrogens with two attached hydrogens (primary N) is 1. The van der Waals surface area contributed by atoms with E-state index in [1.807, 2.05) is 0 Å². The fraction of sp³-hybridized carbons (Fsp3) is 0.500. The smallest absolute Gasteiger partial charge is 0.278 e. The Bertz CT molecular complexity index is 733. The van der Waals surface area contributed by atoms with Crippen LogP contribution in [0.5, 0.6) is 0 Å². The molecular weight excluding hydrogens is 270 g/mol. The number of anilines is 1. The number of rotatable bonds is 2. The lowest BCUT2D eigenvalue weighted by Gasteiger charge is -2.13. The summed E-state index contributed by atoms with van der Waals surface area (Å²) in [5, 5.41) is 9.09. The number of aliphatic hydroxyl groups excluding tert-OH is 1. The van der Waals surface area contributed by atoms with E-state index in [-0.39, 0.29) is 36.0 Å². The number of aliphatic hydroxyl groups is 1. The lowest BCUT2D eigenvalue weighted by molar-refractivity contribution is -0.0213. The van der Waals surface area contributed by atoms with E-state index in [2.05, 4.69) is 15.0 Å². The van der Waals surface area contributed by atoms with Gasteiger partial charge in [0, 0.05) is 0 Å². The fourth-order valence-corrected chi connectivity index (χ4v) is 2.61. The number of nitrogens with zero attached hydrogens (tertiary/aromatic N) is 2. The highest BCUT2D eigenvalue weighted by atomic mass is 32.1. The molecule has 0 amide bonds. The lowest BCUT2D eigenvalue weighted by Crippen LogP contribution is -2.16. The number of fused-ring (bicyclic) bond motifs is 1. The molecule has 0 spiro atoms. The van der Waals surface area contributed by atoms with Crippen molar-refractivity contribution in [1.29, 1.82) is 0 Å². The first-order valence-corrected chi connectivity index (χ1v) is 6.27. The molecule has 3 heterocycles. The summed E-state index contributed by atoms with van der Waals surface area (Å²) >= 11 is 5.20. The molecular formula is C10H13N5O3S. The van der Waals surface area contributed by atoms with Gasteiger partial charge in [0.2, 0.25) is 5.95 Å². The van der Waals surface area contributed by atoms with Crippen molar-refractivity contribution in [1.82, 2.24) is 19.5 Å². The van der Waals surface area contributed by atoms with E-state index < -0.39 is 0 Å². The molecule has 1 fully saturated rings. The van der Waals surface area contributed by atoms with Gasteiger partial charge in [-0.1, -0.05) is 0 Å². The first kappa shape index (κ1) is 12.3. The minimum Gasteiger partial charge on any atom is -0.394 e. The quantitative estimate of drug-likeness (QED) is 0.577. The van der Waals surface area contributed by atoms with Crippen molar-refractivity contribution < 1.29 is 9.84 Å². The number of hydrogen-bond acceptors (Lipinski definition) is 6. The van der Waals surface area contributed by atoms with E-state index in [4.69, 9.17) is 27.8 Å².